The minimum absolute atomic E-state index is 0.0769. The van der Waals surface area contributed by atoms with E-state index in [4.69, 9.17) is 11.6 Å². The number of nitrogens with one attached hydrogen (secondary N) is 2. The predicted octanol–water partition coefficient (Wildman–Crippen LogP) is 3.44. The second-order valence-electron chi connectivity index (χ2n) is 7.43. The fourth-order valence-corrected chi connectivity index (χ4v) is 3.99. The van der Waals surface area contributed by atoms with Crippen LogP contribution in [0.4, 0.5) is 0 Å². The van der Waals surface area contributed by atoms with E-state index in [9.17, 15) is 4.79 Å². The van der Waals surface area contributed by atoms with Gasteiger partial charge in [-0.2, -0.15) is 0 Å². The summed E-state index contributed by atoms with van der Waals surface area (Å²) in [7, 11) is 1.71. The van der Waals surface area contributed by atoms with Crippen molar-refractivity contribution in [2.24, 2.45) is 0 Å². The number of hydrogen-bond donors (Lipinski definition) is 2. The molecule has 3 rings (SSSR count). The molecule has 2 N–H and O–H groups in total. The number of likely N-dealkylation sites (tertiary alicyclic amines) is 1. The molecule has 1 fully saturated rings. The van der Waals surface area contributed by atoms with E-state index >= 15 is 0 Å². The Morgan fingerprint density at radius 1 is 1.22 bits per heavy atom. The first kappa shape index (κ1) is 19.9. The van der Waals surface area contributed by atoms with Crippen molar-refractivity contribution in [1.82, 2.24) is 15.5 Å². The minimum atomic E-state index is -0.120. The fraction of sp³-hybridized carbons (Fsp3) is 0.409. The van der Waals surface area contributed by atoms with E-state index in [0.717, 1.165) is 36.6 Å². The van der Waals surface area contributed by atoms with Crippen molar-refractivity contribution >= 4 is 17.5 Å². The van der Waals surface area contributed by atoms with E-state index in [2.05, 4.69) is 53.6 Å². The van der Waals surface area contributed by atoms with Crippen LogP contribution in [0, 0.1) is 13.8 Å². The molecule has 2 aromatic rings. The normalized spacial score (nSPS) is 20.0. The zero-order valence-electron chi connectivity index (χ0n) is 16.3. The largest absolute Gasteiger partial charge is 0.358 e. The zero-order chi connectivity index (χ0) is 19.4. The van der Waals surface area contributed by atoms with Crippen LogP contribution in [0.15, 0.2) is 42.5 Å². The van der Waals surface area contributed by atoms with Crippen molar-refractivity contribution in [1.29, 1.82) is 0 Å². The summed E-state index contributed by atoms with van der Waals surface area (Å²) in [6.45, 7) is 6.65. The lowest BCUT2D eigenvalue weighted by molar-refractivity contribution is -0.125. The van der Waals surface area contributed by atoms with Crippen molar-refractivity contribution in [3.8, 4) is 0 Å². The lowest BCUT2D eigenvalue weighted by Crippen LogP contribution is -2.41. The molecule has 0 spiro atoms. The first-order chi connectivity index (χ1) is 13.0. The number of benzene rings is 2. The number of halogens is 1. The predicted molar refractivity (Wildman–Crippen MR) is 111 cm³/mol. The third-order valence-electron chi connectivity index (χ3n) is 5.31. The third kappa shape index (κ3) is 5.10. The summed E-state index contributed by atoms with van der Waals surface area (Å²) >= 11 is 6.12. The highest BCUT2D eigenvalue weighted by Gasteiger charge is 2.36. The number of rotatable bonds is 6. The van der Waals surface area contributed by atoms with Crippen molar-refractivity contribution in [2.45, 2.75) is 45.4 Å². The Kier molecular flexibility index (Phi) is 6.53. The smallest absolute Gasteiger partial charge is 0.237 e. The second kappa shape index (κ2) is 8.87. The van der Waals surface area contributed by atoms with Crippen LogP contribution < -0.4 is 10.6 Å². The minimum Gasteiger partial charge on any atom is -0.358 e. The lowest BCUT2D eigenvalue weighted by atomic mass is 10.0. The highest BCUT2D eigenvalue weighted by Crippen LogP contribution is 2.23. The maximum Gasteiger partial charge on any atom is 0.237 e. The zero-order valence-corrected chi connectivity index (χ0v) is 17.0. The van der Waals surface area contributed by atoms with Crippen LogP contribution in [0.1, 0.15) is 28.7 Å². The average Bonchev–Trinajstić information content (AvgIpc) is 3.04. The molecule has 144 valence electrons. The number of aryl methyl sites for hydroxylation is 2. The Morgan fingerprint density at radius 3 is 2.78 bits per heavy atom. The van der Waals surface area contributed by atoms with Crippen molar-refractivity contribution < 1.29 is 4.79 Å². The molecule has 1 heterocycles. The van der Waals surface area contributed by atoms with Crippen LogP contribution in [0.3, 0.4) is 0 Å². The molecule has 5 heteroatoms. The van der Waals surface area contributed by atoms with Crippen molar-refractivity contribution in [3.63, 3.8) is 0 Å². The van der Waals surface area contributed by atoms with Crippen LogP contribution in [0.25, 0.3) is 0 Å². The molecule has 0 aromatic heterocycles. The van der Waals surface area contributed by atoms with E-state index in [1.807, 2.05) is 18.2 Å². The van der Waals surface area contributed by atoms with Gasteiger partial charge in [0.2, 0.25) is 5.91 Å². The topological polar surface area (TPSA) is 44.4 Å². The standard InChI is InChI=1S/C22H28ClN3O/c1-15-7-8-16(2)18(9-15)12-25-20-11-21(22(27)24-3)26(14-20)13-17-5-4-6-19(23)10-17/h4-10,20-21,25H,11-14H2,1-3H3,(H,24,27)/t20-,21+/m1/s1. The molecule has 27 heavy (non-hydrogen) atoms. The summed E-state index contributed by atoms with van der Waals surface area (Å²) in [5.74, 6) is 0.0769. The molecule has 1 amide bonds. The van der Waals surface area contributed by atoms with Crippen LogP contribution >= 0.6 is 11.6 Å². The SMILES string of the molecule is CNC(=O)[C@@H]1C[C@@H](NCc2cc(C)ccc2C)CN1Cc1cccc(Cl)c1. The van der Waals surface area contributed by atoms with E-state index in [0.29, 0.717) is 0 Å². The van der Waals surface area contributed by atoms with Gasteiger partial charge in [-0.15, -0.1) is 0 Å². The highest BCUT2D eigenvalue weighted by molar-refractivity contribution is 6.30. The maximum absolute atomic E-state index is 12.4. The van der Waals surface area contributed by atoms with Gasteiger partial charge >= 0.3 is 0 Å². The molecular formula is C22H28ClN3O. The van der Waals surface area contributed by atoms with Gasteiger partial charge < -0.3 is 10.6 Å². The van der Waals surface area contributed by atoms with Crippen LogP contribution in [0.5, 0.6) is 0 Å². The maximum atomic E-state index is 12.4. The van der Waals surface area contributed by atoms with Gasteiger partial charge in [-0.25, -0.2) is 0 Å². The molecule has 2 aromatic carbocycles. The van der Waals surface area contributed by atoms with Gasteiger partial charge in [0.15, 0.2) is 0 Å². The van der Waals surface area contributed by atoms with Crippen LogP contribution in [-0.2, 0) is 17.9 Å². The monoisotopic (exact) mass is 385 g/mol. The summed E-state index contributed by atoms with van der Waals surface area (Å²) in [4.78, 5) is 14.6. The van der Waals surface area contributed by atoms with Gasteiger partial charge in [0.05, 0.1) is 6.04 Å². The first-order valence-electron chi connectivity index (χ1n) is 9.46. The molecule has 0 bridgehead atoms. The Morgan fingerprint density at radius 2 is 2.04 bits per heavy atom. The molecule has 0 radical (unpaired) electrons. The van der Waals surface area contributed by atoms with E-state index < -0.39 is 0 Å². The molecular weight excluding hydrogens is 358 g/mol. The van der Waals surface area contributed by atoms with E-state index in [1.54, 1.807) is 7.05 Å². The molecule has 1 saturated heterocycles. The number of nitrogens with zero attached hydrogens (tertiary/aromatic N) is 1. The van der Waals surface area contributed by atoms with Crippen LogP contribution in [0.2, 0.25) is 5.02 Å². The number of amides is 1. The summed E-state index contributed by atoms with van der Waals surface area (Å²) < 4.78 is 0. The van der Waals surface area contributed by atoms with Crippen LogP contribution in [-0.4, -0.2) is 36.5 Å². The summed E-state index contributed by atoms with van der Waals surface area (Å²) in [6.07, 6.45) is 0.811. The fourth-order valence-electron chi connectivity index (χ4n) is 3.78. The highest BCUT2D eigenvalue weighted by atomic mass is 35.5. The summed E-state index contributed by atoms with van der Waals surface area (Å²) in [6, 6.07) is 14.6. The summed E-state index contributed by atoms with van der Waals surface area (Å²) in [5.41, 5.74) is 5.02. The number of carbonyl (C=O) groups excluding carboxylic acids is 1. The molecule has 4 nitrogen and oxygen atoms in total. The van der Waals surface area contributed by atoms with Gasteiger partial charge in [0, 0.05) is 37.7 Å². The van der Waals surface area contributed by atoms with Crippen molar-refractivity contribution in [3.05, 3.63) is 69.7 Å². The van der Waals surface area contributed by atoms with Crippen molar-refractivity contribution in [2.75, 3.05) is 13.6 Å². The molecule has 1 aliphatic rings. The van der Waals surface area contributed by atoms with Gasteiger partial charge in [-0.1, -0.05) is 47.5 Å². The Hall–Kier alpha value is -1.88. The first-order valence-corrected chi connectivity index (χ1v) is 9.83. The Balaban J connectivity index is 1.67. The van der Waals surface area contributed by atoms with Gasteiger partial charge in [-0.3, -0.25) is 9.69 Å². The second-order valence-corrected chi connectivity index (χ2v) is 7.87. The number of hydrogen-bond acceptors (Lipinski definition) is 3. The third-order valence-corrected chi connectivity index (χ3v) is 5.55. The quantitative estimate of drug-likeness (QED) is 0.800. The van der Waals surface area contributed by atoms with E-state index in [1.165, 1.54) is 16.7 Å². The summed E-state index contributed by atoms with van der Waals surface area (Å²) in [5, 5.41) is 7.19. The molecule has 0 saturated carbocycles. The molecule has 0 unspecified atom stereocenters. The lowest BCUT2D eigenvalue weighted by Gasteiger charge is -2.23. The number of likely N-dealkylation sites (N-methyl/N-ethyl adjacent to an activating group) is 1. The van der Waals surface area contributed by atoms with Gasteiger partial charge in [0.1, 0.15) is 0 Å². The Bertz CT molecular complexity index is 808. The van der Waals surface area contributed by atoms with Gasteiger partial charge in [0.25, 0.3) is 0 Å². The molecule has 2 atom stereocenters. The average molecular weight is 386 g/mol. The molecule has 1 aliphatic heterocycles. The van der Waals surface area contributed by atoms with Gasteiger partial charge in [-0.05, 0) is 49.1 Å². The number of carbonyl (C=O) groups is 1. The Labute approximate surface area is 166 Å². The van der Waals surface area contributed by atoms with E-state index in [-0.39, 0.29) is 18.0 Å². The molecule has 0 aliphatic carbocycles.